The Morgan fingerprint density at radius 3 is 2.64 bits per heavy atom. The lowest BCUT2D eigenvalue weighted by Gasteiger charge is -2.16. The number of esters is 1. The monoisotopic (exact) mass is 264 g/mol. The number of hydrogen-bond donors (Lipinski definition) is 1. The Labute approximate surface area is 91.1 Å². The van der Waals surface area contributed by atoms with E-state index < -0.39 is 16.3 Å². The van der Waals surface area contributed by atoms with Crippen molar-refractivity contribution in [2.45, 2.75) is 24.1 Å². The topological polar surface area (TPSA) is 63.6 Å². The van der Waals surface area contributed by atoms with E-state index in [4.69, 9.17) is 9.84 Å². The quantitative estimate of drug-likeness (QED) is 0.344. The molecule has 4 nitrogen and oxygen atoms in total. The molecule has 0 amide bonds. The summed E-state index contributed by atoms with van der Waals surface area (Å²) in [5.41, 5.74) is 0. The number of halogens is 1. The molecule has 5 heteroatoms. The minimum Gasteiger partial charge on any atom is -0.480 e. The third kappa shape index (κ3) is 5.01. The Morgan fingerprint density at radius 2 is 2.21 bits per heavy atom. The van der Waals surface area contributed by atoms with Crippen LogP contribution in [0.25, 0.3) is 0 Å². The van der Waals surface area contributed by atoms with E-state index in [-0.39, 0.29) is 6.61 Å². The Bertz CT molecular complexity index is 235. The van der Waals surface area contributed by atoms with Gasteiger partial charge in [-0.2, -0.15) is 0 Å². The van der Waals surface area contributed by atoms with Crippen LogP contribution in [-0.2, 0) is 14.3 Å². The molecule has 1 unspecified atom stereocenters. The second kappa shape index (κ2) is 5.80. The number of rotatable bonds is 6. The molecule has 0 spiro atoms. The molecule has 0 aliphatic rings. The van der Waals surface area contributed by atoms with E-state index >= 15 is 0 Å². The number of alkyl halides is 1. The Morgan fingerprint density at radius 1 is 1.64 bits per heavy atom. The summed E-state index contributed by atoms with van der Waals surface area (Å²) in [6.07, 6.45) is 1.96. The first-order chi connectivity index (χ1) is 6.40. The van der Waals surface area contributed by atoms with E-state index in [2.05, 4.69) is 22.5 Å². The summed E-state index contributed by atoms with van der Waals surface area (Å²) in [6.45, 7) is 5.01. The molecule has 0 aromatic rings. The van der Waals surface area contributed by atoms with E-state index in [0.717, 1.165) is 6.08 Å². The van der Waals surface area contributed by atoms with Gasteiger partial charge >= 0.3 is 11.9 Å². The van der Waals surface area contributed by atoms with Gasteiger partial charge in [-0.05, 0) is 19.8 Å². The van der Waals surface area contributed by atoms with Crippen molar-refractivity contribution in [1.29, 1.82) is 0 Å². The van der Waals surface area contributed by atoms with Gasteiger partial charge in [0.05, 0.1) is 6.61 Å². The molecule has 0 aromatic heterocycles. The predicted molar refractivity (Wildman–Crippen MR) is 55.4 cm³/mol. The first kappa shape index (κ1) is 13.2. The highest BCUT2D eigenvalue weighted by Gasteiger charge is 2.28. The molecule has 1 N–H and O–H groups in total. The predicted octanol–water partition coefficient (Wildman–Crippen LogP) is 1.73. The normalized spacial score (nSPS) is 14.1. The number of carbonyl (C=O) groups excluding carboxylic acids is 1. The smallest absolute Gasteiger partial charge is 0.330 e. The molecule has 14 heavy (non-hydrogen) atoms. The second-order valence-electron chi connectivity index (χ2n) is 2.98. The van der Waals surface area contributed by atoms with Crippen LogP contribution in [0.2, 0.25) is 0 Å². The summed E-state index contributed by atoms with van der Waals surface area (Å²) in [5.74, 6) is -1.41. The number of carboxylic acids is 1. The van der Waals surface area contributed by atoms with Crippen LogP contribution in [0, 0.1) is 0 Å². The van der Waals surface area contributed by atoms with Crippen LogP contribution < -0.4 is 0 Å². The number of ether oxygens (including phenoxy) is 1. The van der Waals surface area contributed by atoms with Crippen LogP contribution in [0.3, 0.4) is 0 Å². The molecular weight excluding hydrogens is 252 g/mol. The summed E-state index contributed by atoms with van der Waals surface area (Å²) in [5, 5.41) is 8.73. The SMILES string of the molecule is C=CC(=O)OCCCC(C)(Br)C(=O)O. The Kier molecular flexibility index (Phi) is 5.45. The van der Waals surface area contributed by atoms with Crippen molar-refractivity contribution in [2.75, 3.05) is 6.61 Å². The zero-order valence-corrected chi connectivity index (χ0v) is 9.54. The average molecular weight is 265 g/mol. The number of carboxylic acid groups (broad SMARTS) is 1. The largest absolute Gasteiger partial charge is 0.480 e. The molecule has 1 atom stereocenters. The van der Waals surface area contributed by atoms with Gasteiger partial charge in [0.15, 0.2) is 0 Å². The summed E-state index contributed by atoms with van der Waals surface area (Å²) >= 11 is 3.07. The lowest BCUT2D eigenvalue weighted by Crippen LogP contribution is -2.28. The molecule has 0 fully saturated rings. The molecule has 0 rings (SSSR count). The molecular formula is C9H13BrO4. The Hall–Kier alpha value is -0.840. The van der Waals surface area contributed by atoms with Gasteiger partial charge in [-0.1, -0.05) is 22.5 Å². The van der Waals surface area contributed by atoms with Crippen molar-refractivity contribution in [3.8, 4) is 0 Å². The van der Waals surface area contributed by atoms with Crippen LogP contribution in [0.5, 0.6) is 0 Å². The molecule has 0 saturated carbocycles. The lowest BCUT2D eigenvalue weighted by molar-refractivity contribution is -0.139. The average Bonchev–Trinajstić information content (AvgIpc) is 2.11. The molecule has 0 heterocycles. The van der Waals surface area contributed by atoms with Crippen LogP contribution in [-0.4, -0.2) is 28.0 Å². The van der Waals surface area contributed by atoms with Gasteiger partial charge in [-0.25, -0.2) is 4.79 Å². The second-order valence-corrected chi connectivity index (χ2v) is 4.73. The van der Waals surface area contributed by atoms with E-state index in [9.17, 15) is 9.59 Å². The maximum Gasteiger partial charge on any atom is 0.330 e. The first-order valence-electron chi connectivity index (χ1n) is 4.11. The maximum atomic E-state index is 10.6. The first-order valence-corrected chi connectivity index (χ1v) is 4.91. The van der Waals surface area contributed by atoms with Crippen molar-refractivity contribution in [3.05, 3.63) is 12.7 Å². The highest BCUT2D eigenvalue weighted by Crippen LogP contribution is 2.23. The molecule has 0 aliphatic carbocycles. The van der Waals surface area contributed by atoms with Crippen molar-refractivity contribution in [2.24, 2.45) is 0 Å². The third-order valence-corrected chi connectivity index (χ3v) is 2.38. The fraction of sp³-hybridized carbons (Fsp3) is 0.556. The molecule has 0 bridgehead atoms. The summed E-state index contributed by atoms with van der Waals surface area (Å²) < 4.78 is 3.74. The highest BCUT2D eigenvalue weighted by molar-refractivity contribution is 9.10. The van der Waals surface area contributed by atoms with E-state index in [0.29, 0.717) is 12.8 Å². The van der Waals surface area contributed by atoms with Crippen molar-refractivity contribution >= 4 is 27.9 Å². The van der Waals surface area contributed by atoms with E-state index in [1.165, 1.54) is 0 Å². The molecule has 0 aliphatic heterocycles. The highest BCUT2D eigenvalue weighted by atomic mass is 79.9. The lowest BCUT2D eigenvalue weighted by atomic mass is 10.1. The zero-order valence-electron chi connectivity index (χ0n) is 7.96. The fourth-order valence-corrected chi connectivity index (χ4v) is 1.02. The molecule has 0 radical (unpaired) electrons. The Balaban J connectivity index is 3.69. The van der Waals surface area contributed by atoms with Crippen molar-refractivity contribution in [3.63, 3.8) is 0 Å². The summed E-state index contributed by atoms with van der Waals surface area (Å²) in [6, 6.07) is 0. The third-order valence-electron chi connectivity index (χ3n) is 1.65. The van der Waals surface area contributed by atoms with E-state index in [1.54, 1.807) is 6.92 Å². The molecule has 80 valence electrons. The van der Waals surface area contributed by atoms with Gasteiger partial charge in [0, 0.05) is 6.08 Å². The van der Waals surface area contributed by atoms with Gasteiger partial charge in [0.1, 0.15) is 4.32 Å². The molecule has 0 aromatic carbocycles. The summed E-state index contributed by atoms with van der Waals surface area (Å²) in [7, 11) is 0. The maximum absolute atomic E-state index is 10.6. The van der Waals surface area contributed by atoms with Crippen LogP contribution in [0.15, 0.2) is 12.7 Å². The van der Waals surface area contributed by atoms with Crippen LogP contribution >= 0.6 is 15.9 Å². The van der Waals surface area contributed by atoms with Crippen molar-refractivity contribution in [1.82, 2.24) is 0 Å². The molecule has 0 saturated heterocycles. The van der Waals surface area contributed by atoms with Crippen LogP contribution in [0.1, 0.15) is 19.8 Å². The minimum atomic E-state index is -0.951. The van der Waals surface area contributed by atoms with Gasteiger partial charge < -0.3 is 9.84 Å². The summed E-state index contributed by atoms with van der Waals surface area (Å²) in [4.78, 5) is 21.2. The number of aliphatic carboxylic acids is 1. The van der Waals surface area contributed by atoms with Crippen molar-refractivity contribution < 1.29 is 19.4 Å². The van der Waals surface area contributed by atoms with Gasteiger partial charge in [0.2, 0.25) is 0 Å². The number of hydrogen-bond acceptors (Lipinski definition) is 3. The van der Waals surface area contributed by atoms with Gasteiger partial charge in [-0.3, -0.25) is 4.79 Å². The standard InChI is InChI=1S/C9H13BrO4/c1-3-7(11)14-6-4-5-9(2,10)8(12)13/h3H,1,4-6H2,2H3,(H,12,13). The van der Waals surface area contributed by atoms with E-state index in [1.807, 2.05) is 0 Å². The zero-order chi connectivity index (χ0) is 11.2. The van der Waals surface area contributed by atoms with Gasteiger partial charge in [-0.15, -0.1) is 0 Å². The minimum absolute atomic E-state index is 0.208. The fourth-order valence-electron chi connectivity index (χ4n) is 0.743. The number of carbonyl (C=O) groups is 2. The van der Waals surface area contributed by atoms with Crippen LogP contribution in [0.4, 0.5) is 0 Å². The van der Waals surface area contributed by atoms with Gasteiger partial charge in [0.25, 0.3) is 0 Å².